The second-order valence-corrected chi connectivity index (χ2v) is 4.28. The molecule has 2 heterocycles. The van der Waals surface area contributed by atoms with Crippen LogP contribution in [0.15, 0.2) is 30.3 Å². The predicted molar refractivity (Wildman–Crippen MR) is 58.1 cm³/mol. The Morgan fingerprint density at radius 1 is 1.31 bits per heavy atom. The van der Waals surface area contributed by atoms with Gasteiger partial charge in [0.2, 0.25) is 0 Å². The molecule has 4 nitrogen and oxygen atoms in total. The number of fused-ring (bicyclic) bond motifs is 1. The molecule has 3 atom stereocenters. The molecule has 2 fully saturated rings. The summed E-state index contributed by atoms with van der Waals surface area (Å²) in [7, 11) is 0. The molecule has 3 rings (SSSR count). The quantitative estimate of drug-likeness (QED) is 0.701. The van der Waals surface area contributed by atoms with Crippen molar-refractivity contribution in [2.45, 2.75) is 24.7 Å². The highest BCUT2D eigenvalue weighted by Crippen LogP contribution is 2.33. The third-order valence-electron chi connectivity index (χ3n) is 3.27. The van der Waals surface area contributed by atoms with E-state index < -0.39 is 6.10 Å². The normalized spacial score (nSPS) is 32.7. The fourth-order valence-corrected chi connectivity index (χ4v) is 2.55. The van der Waals surface area contributed by atoms with Gasteiger partial charge >= 0.3 is 5.97 Å². The molecule has 2 saturated heterocycles. The van der Waals surface area contributed by atoms with Gasteiger partial charge in [-0.05, 0) is 12.1 Å². The molecule has 1 aromatic rings. The lowest BCUT2D eigenvalue weighted by molar-refractivity contribution is -0.144. The first-order chi connectivity index (χ1) is 7.75. The molecule has 2 aliphatic heterocycles. The molecule has 0 radical (unpaired) electrons. The highest BCUT2D eigenvalue weighted by Gasteiger charge is 2.49. The number of ether oxygens (including phenoxy) is 1. The van der Waals surface area contributed by atoms with Crippen LogP contribution in [0.1, 0.15) is 6.42 Å². The molecule has 84 valence electrons. The number of carbonyl (C=O) groups excluding carboxylic acids is 1. The summed E-state index contributed by atoms with van der Waals surface area (Å²) in [4.78, 5) is 13.3. The van der Waals surface area contributed by atoms with Crippen LogP contribution in [0.4, 0.5) is 5.69 Å². The highest BCUT2D eigenvalue weighted by molar-refractivity contribution is 5.75. The minimum absolute atomic E-state index is 0.00935. The monoisotopic (exact) mass is 219 g/mol. The van der Waals surface area contributed by atoms with E-state index >= 15 is 0 Å². The van der Waals surface area contributed by atoms with Crippen molar-refractivity contribution in [3.05, 3.63) is 30.3 Å². The maximum Gasteiger partial charge on any atom is 0.308 e. The second kappa shape index (κ2) is 3.49. The zero-order valence-electron chi connectivity index (χ0n) is 8.74. The van der Waals surface area contributed by atoms with Crippen molar-refractivity contribution in [3.8, 4) is 0 Å². The second-order valence-electron chi connectivity index (χ2n) is 4.28. The van der Waals surface area contributed by atoms with Gasteiger partial charge in [0.25, 0.3) is 0 Å². The fourth-order valence-electron chi connectivity index (χ4n) is 2.55. The van der Waals surface area contributed by atoms with Crippen molar-refractivity contribution in [2.75, 3.05) is 11.4 Å². The van der Waals surface area contributed by atoms with E-state index in [-0.39, 0.29) is 18.1 Å². The molecular formula is C12H13NO3. The Balaban J connectivity index is 1.90. The van der Waals surface area contributed by atoms with E-state index in [1.54, 1.807) is 0 Å². The third-order valence-corrected chi connectivity index (χ3v) is 3.27. The van der Waals surface area contributed by atoms with Crippen molar-refractivity contribution < 1.29 is 14.6 Å². The van der Waals surface area contributed by atoms with Crippen molar-refractivity contribution in [3.63, 3.8) is 0 Å². The zero-order valence-corrected chi connectivity index (χ0v) is 8.74. The maximum atomic E-state index is 11.2. The number of para-hydroxylation sites is 1. The van der Waals surface area contributed by atoms with Crippen LogP contribution in [0.25, 0.3) is 0 Å². The number of rotatable bonds is 1. The molecule has 0 spiro atoms. The van der Waals surface area contributed by atoms with Crippen LogP contribution in [0, 0.1) is 0 Å². The zero-order chi connectivity index (χ0) is 11.1. The average molecular weight is 219 g/mol. The van der Waals surface area contributed by atoms with Gasteiger partial charge in [0.1, 0.15) is 6.10 Å². The van der Waals surface area contributed by atoms with E-state index in [0.29, 0.717) is 13.0 Å². The van der Waals surface area contributed by atoms with E-state index in [1.807, 2.05) is 30.3 Å². The van der Waals surface area contributed by atoms with E-state index in [1.165, 1.54) is 0 Å². The summed E-state index contributed by atoms with van der Waals surface area (Å²) in [6.45, 7) is 0.534. The number of anilines is 1. The van der Waals surface area contributed by atoms with Crippen LogP contribution in [0.2, 0.25) is 0 Å². The number of hydrogen-bond acceptors (Lipinski definition) is 4. The first-order valence-electron chi connectivity index (χ1n) is 5.45. The molecule has 1 aromatic carbocycles. The van der Waals surface area contributed by atoms with E-state index in [4.69, 9.17) is 4.74 Å². The van der Waals surface area contributed by atoms with Gasteiger partial charge in [-0.3, -0.25) is 4.79 Å². The first-order valence-corrected chi connectivity index (χ1v) is 5.45. The number of aliphatic hydroxyl groups is 1. The lowest BCUT2D eigenvalue weighted by Crippen LogP contribution is -2.32. The van der Waals surface area contributed by atoms with Crippen LogP contribution < -0.4 is 4.90 Å². The Hall–Kier alpha value is -1.55. The molecule has 0 saturated carbocycles. The smallest absolute Gasteiger partial charge is 0.308 e. The molecule has 0 bridgehead atoms. The maximum absolute atomic E-state index is 11.2. The third kappa shape index (κ3) is 1.38. The molecule has 1 N–H and O–H groups in total. The number of β-amino-alcohol motifs (C(OH)–C–C–N with tert-alkyl or cyclic N) is 1. The minimum atomic E-state index is -0.573. The summed E-state index contributed by atoms with van der Waals surface area (Å²) in [5.74, 6) is -0.213. The van der Waals surface area contributed by atoms with Gasteiger partial charge in [-0.15, -0.1) is 0 Å². The average Bonchev–Trinajstić information content (AvgIpc) is 2.80. The lowest BCUT2D eigenvalue weighted by Gasteiger charge is -2.23. The van der Waals surface area contributed by atoms with E-state index in [0.717, 1.165) is 5.69 Å². The fraction of sp³-hybridized carbons (Fsp3) is 0.417. The van der Waals surface area contributed by atoms with Crippen LogP contribution in [0.5, 0.6) is 0 Å². The van der Waals surface area contributed by atoms with Crippen LogP contribution in [-0.4, -0.2) is 35.9 Å². The molecule has 0 amide bonds. The van der Waals surface area contributed by atoms with Gasteiger partial charge in [-0.2, -0.15) is 0 Å². The number of aliphatic hydroxyl groups excluding tert-OH is 1. The van der Waals surface area contributed by atoms with Gasteiger partial charge in [0.05, 0.1) is 12.5 Å². The van der Waals surface area contributed by atoms with Gasteiger partial charge in [0, 0.05) is 12.2 Å². The molecule has 0 aliphatic carbocycles. The van der Waals surface area contributed by atoms with Crippen molar-refractivity contribution in [1.29, 1.82) is 0 Å². The van der Waals surface area contributed by atoms with Gasteiger partial charge in [-0.1, -0.05) is 18.2 Å². The summed E-state index contributed by atoms with van der Waals surface area (Å²) in [6.07, 6.45) is -0.555. The van der Waals surface area contributed by atoms with Crippen molar-refractivity contribution in [1.82, 2.24) is 0 Å². The first kappa shape index (κ1) is 9.66. The Kier molecular flexibility index (Phi) is 2.11. The Bertz CT molecular complexity index is 406. The molecule has 2 aliphatic rings. The predicted octanol–water partition coefficient (Wildman–Crippen LogP) is 0.552. The number of hydrogen-bond donors (Lipinski definition) is 1. The number of benzene rings is 1. The number of esters is 1. The molecule has 0 aromatic heterocycles. The Morgan fingerprint density at radius 2 is 2.06 bits per heavy atom. The van der Waals surface area contributed by atoms with E-state index in [2.05, 4.69) is 4.90 Å². The Morgan fingerprint density at radius 3 is 2.81 bits per heavy atom. The van der Waals surface area contributed by atoms with Gasteiger partial charge in [0.15, 0.2) is 6.10 Å². The van der Waals surface area contributed by atoms with Crippen LogP contribution >= 0.6 is 0 Å². The summed E-state index contributed by atoms with van der Waals surface area (Å²) >= 11 is 0. The van der Waals surface area contributed by atoms with E-state index in [9.17, 15) is 9.90 Å². The van der Waals surface area contributed by atoms with Crippen molar-refractivity contribution in [2.24, 2.45) is 0 Å². The minimum Gasteiger partial charge on any atom is -0.457 e. The van der Waals surface area contributed by atoms with Gasteiger partial charge in [-0.25, -0.2) is 0 Å². The lowest BCUT2D eigenvalue weighted by atomic mass is 10.1. The number of nitrogens with zero attached hydrogens (tertiary/aromatic N) is 1. The highest BCUT2D eigenvalue weighted by atomic mass is 16.6. The van der Waals surface area contributed by atoms with Crippen LogP contribution in [-0.2, 0) is 9.53 Å². The topological polar surface area (TPSA) is 49.8 Å². The summed E-state index contributed by atoms with van der Waals surface area (Å²) < 4.78 is 5.12. The Labute approximate surface area is 93.4 Å². The molecular weight excluding hydrogens is 206 g/mol. The summed E-state index contributed by atoms with van der Waals surface area (Å²) in [5, 5.41) is 9.83. The largest absolute Gasteiger partial charge is 0.457 e. The van der Waals surface area contributed by atoms with Crippen molar-refractivity contribution >= 4 is 11.7 Å². The summed E-state index contributed by atoms with van der Waals surface area (Å²) in [5.41, 5.74) is 1.03. The van der Waals surface area contributed by atoms with Gasteiger partial charge < -0.3 is 14.7 Å². The molecule has 4 heteroatoms. The van der Waals surface area contributed by atoms with Crippen LogP contribution in [0.3, 0.4) is 0 Å². The molecule has 16 heavy (non-hydrogen) atoms. The molecule has 1 unspecified atom stereocenters. The SMILES string of the molecule is O=C1CC2[C@H](O1)[C@H](O)CN2c1ccccc1. The standard InChI is InChI=1S/C12H13NO3/c14-10-7-13(8-4-2-1-3-5-8)9-6-11(15)16-12(9)10/h1-5,9-10,12,14H,6-7H2/t9?,10-,12+/m1/s1. The summed E-state index contributed by atoms with van der Waals surface area (Å²) in [6, 6.07) is 9.81. The number of carbonyl (C=O) groups is 1.